The molecule has 144 valence electrons. The molecule has 1 aromatic heterocycles. The molecule has 3 rings (SSSR count). The van der Waals surface area contributed by atoms with Crippen LogP contribution in [0.4, 0.5) is 0 Å². The number of hydrogen-bond donors (Lipinski definition) is 1. The van der Waals surface area contributed by atoms with Crippen LogP contribution in [-0.2, 0) is 24.8 Å². The monoisotopic (exact) mass is 404 g/mol. The fourth-order valence-electron chi connectivity index (χ4n) is 2.85. The highest BCUT2D eigenvalue weighted by molar-refractivity contribution is 7.89. The minimum Gasteiger partial charge on any atom is -0.384 e. The molecule has 2 heterocycles. The van der Waals surface area contributed by atoms with Crippen molar-refractivity contribution in [3.8, 4) is 0 Å². The van der Waals surface area contributed by atoms with Gasteiger partial charge < -0.3 is 4.74 Å². The third-order valence-corrected chi connectivity index (χ3v) is 7.64. The molecule has 0 bridgehead atoms. The van der Waals surface area contributed by atoms with Gasteiger partial charge in [-0.1, -0.05) is 6.07 Å². The Hall–Kier alpha value is -1.60. The first-order valence-corrected chi connectivity index (χ1v) is 11.1. The number of rotatable bonds is 7. The fourth-order valence-corrected chi connectivity index (χ4v) is 5.71. The number of hydrogen-bond acceptors (Lipinski definition) is 8. The van der Waals surface area contributed by atoms with Gasteiger partial charge in [0.1, 0.15) is 10.4 Å². The molecule has 1 N–H and O–H groups in total. The van der Waals surface area contributed by atoms with Crippen LogP contribution in [-0.4, -0.2) is 70.1 Å². The normalized spacial score (nSPS) is 17.7. The second kappa shape index (κ2) is 7.56. The highest BCUT2D eigenvalue weighted by atomic mass is 32.2. The molecule has 10 nitrogen and oxygen atoms in total. The topological polar surface area (TPSA) is 132 Å². The highest BCUT2D eigenvalue weighted by Gasteiger charge is 2.31. The van der Waals surface area contributed by atoms with Gasteiger partial charge in [0, 0.05) is 26.2 Å². The molecule has 0 aliphatic carbocycles. The average molecular weight is 404 g/mol. The maximum Gasteiger partial charge on any atom is 0.243 e. The molecular weight excluding hydrogens is 384 g/mol. The van der Waals surface area contributed by atoms with Gasteiger partial charge >= 0.3 is 0 Å². The summed E-state index contributed by atoms with van der Waals surface area (Å²) >= 11 is 0. The van der Waals surface area contributed by atoms with Crippen molar-refractivity contribution in [2.24, 2.45) is 0 Å². The first-order chi connectivity index (χ1) is 12.3. The Labute approximate surface area is 151 Å². The molecule has 2 aromatic rings. The van der Waals surface area contributed by atoms with Gasteiger partial charge in [-0.25, -0.2) is 30.5 Å². The van der Waals surface area contributed by atoms with Gasteiger partial charge in [0.25, 0.3) is 0 Å². The lowest BCUT2D eigenvalue weighted by Crippen LogP contribution is -2.47. The second-order valence-corrected chi connectivity index (χ2v) is 9.76. The standard InChI is InChI=1S/C14H20N4O6S2/c1-23-9-10-25(19,20)18-7-5-11(6-8-18)17-26(21,22)13-4-2-3-12-14(13)16-24-15-12/h2-4,11,17H,5-10H2,1H3. The van der Waals surface area contributed by atoms with Crippen LogP contribution in [0.15, 0.2) is 27.7 Å². The smallest absolute Gasteiger partial charge is 0.243 e. The SMILES string of the molecule is COCCS(=O)(=O)N1CCC(NS(=O)(=O)c2cccc3nonc23)CC1. The van der Waals surface area contributed by atoms with E-state index in [1.165, 1.54) is 17.5 Å². The number of benzene rings is 1. The molecule has 1 fully saturated rings. The van der Waals surface area contributed by atoms with Crippen LogP contribution in [0.3, 0.4) is 0 Å². The summed E-state index contributed by atoms with van der Waals surface area (Å²) in [6.45, 7) is 0.647. The molecule has 12 heteroatoms. The fraction of sp³-hybridized carbons (Fsp3) is 0.571. The van der Waals surface area contributed by atoms with Crippen molar-refractivity contribution in [3.05, 3.63) is 18.2 Å². The van der Waals surface area contributed by atoms with Crippen molar-refractivity contribution in [2.45, 2.75) is 23.8 Å². The van der Waals surface area contributed by atoms with Crippen molar-refractivity contribution < 1.29 is 26.2 Å². The van der Waals surface area contributed by atoms with Crippen LogP contribution in [0.5, 0.6) is 0 Å². The Kier molecular flexibility index (Phi) is 5.58. The Balaban J connectivity index is 1.67. The van der Waals surface area contributed by atoms with E-state index in [2.05, 4.69) is 19.7 Å². The van der Waals surface area contributed by atoms with Crippen LogP contribution in [0.2, 0.25) is 0 Å². The number of sulfonamides is 2. The highest BCUT2D eigenvalue weighted by Crippen LogP contribution is 2.22. The third kappa shape index (κ3) is 4.04. The van der Waals surface area contributed by atoms with E-state index in [1.54, 1.807) is 12.1 Å². The summed E-state index contributed by atoms with van der Waals surface area (Å²) < 4.78 is 63.1. The predicted molar refractivity (Wildman–Crippen MR) is 92.4 cm³/mol. The average Bonchev–Trinajstić information content (AvgIpc) is 3.08. The van der Waals surface area contributed by atoms with Gasteiger partial charge in [0.05, 0.1) is 12.4 Å². The minimum atomic E-state index is -3.82. The Morgan fingerprint density at radius 3 is 2.65 bits per heavy atom. The van der Waals surface area contributed by atoms with Crippen LogP contribution in [0.1, 0.15) is 12.8 Å². The number of aromatic nitrogens is 2. The lowest BCUT2D eigenvalue weighted by atomic mass is 10.1. The van der Waals surface area contributed by atoms with Gasteiger partial charge in [0.2, 0.25) is 20.0 Å². The molecule has 0 amide bonds. The van der Waals surface area contributed by atoms with E-state index in [0.29, 0.717) is 18.4 Å². The minimum absolute atomic E-state index is 0.00797. The van der Waals surface area contributed by atoms with Crippen LogP contribution in [0.25, 0.3) is 11.0 Å². The molecule has 1 aliphatic rings. The number of nitrogens with zero attached hydrogens (tertiary/aromatic N) is 3. The van der Waals surface area contributed by atoms with E-state index in [1.807, 2.05) is 0 Å². The number of fused-ring (bicyclic) bond motifs is 1. The molecule has 0 saturated carbocycles. The summed E-state index contributed by atoms with van der Waals surface area (Å²) in [4.78, 5) is -0.00797. The summed E-state index contributed by atoms with van der Waals surface area (Å²) in [6, 6.07) is 4.24. The Morgan fingerprint density at radius 1 is 1.23 bits per heavy atom. The lowest BCUT2D eigenvalue weighted by Gasteiger charge is -2.31. The number of piperidine rings is 1. The van der Waals surface area contributed by atoms with E-state index in [9.17, 15) is 16.8 Å². The molecule has 1 aliphatic heterocycles. The zero-order chi connectivity index (χ0) is 18.8. The molecule has 1 aromatic carbocycles. The van der Waals surface area contributed by atoms with Gasteiger partial charge in [0.15, 0.2) is 5.52 Å². The zero-order valence-corrected chi connectivity index (χ0v) is 15.8. The number of methoxy groups -OCH3 is 1. The summed E-state index contributed by atoms with van der Waals surface area (Å²) in [5.74, 6) is -0.0823. The third-order valence-electron chi connectivity index (χ3n) is 4.25. The quantitative estimate of drug-likeness (QED) is 0.679. The maximum atomic E-state index is 12.7. The lowest BCUT2D eigenvalue weighted by molar-refractivity contribution is 0.214. The second-order valence-electron chi connectivity index (χ2n) is 5.99. The molecule has 26 heavy (non-hydrogen) atoms. The molecular formula is C14H20N4O6S2. The van der Waals surface area contributed by atoms with E-state index >= 15 is 0 Å². The van der Waals surface area contributed by atoms with Crippen LogP contribution < -0.4 is 4.72 Å². The Bertz CT molecular complexity index is 964. The zero-order valence-electron chi connectivity index (χ0n) is 14.2. The number of nitrogens with one attached hydrogen (secondary N) is 1. The first kappa shape index (κ1) is 19.2. The molecule has 0 atom stereocenters. The molecule has 0 radical (unpaired) electrons. The van der Waals surface area contributed by atoms with E-state index in [4.69, 9.17) is 4.74 Å². The summed E-state index contributed by atoms with van der Waals surface area (Å²) in [6.07, 6.45) is 0.775. The van der Waals surface area contributed by atoms with Crippen molar-refractivity contribution in [1.82, 2.24) is 19.3 Å². The van der Waals surface area contributed by atoms with Crippen molar-refractivity contribution in [2.75, 3.05) is 32.6 Å². The van der Waals surface area contributed by atoms with E-state index in [-0.39, 0.29) is 41.9 Å². The summed E-state index contributed by atoms with van der Waals surface area (Å²) in [5.41, 5.74) is 0.520. The number of ether oxygens (including phenoxy) is 1. The summed E-state index contributed by atoms with van der Waals surface area (Å²) in [5, 5.41) is 7.29. The van der Waals surface area contributed by atoms with Gasteiger partial charge in [-0.3, -0.25) is 0 Å². The van der Waals surface area contributed by atoms with Gasteiger partial charge in [-0.15, -0.1) is 0 Å². The first-order valence-electron chi connectivity index (χ1n) is 8.04. The molecule has 1 saturated heterocycles. The van der Waals surface area contributed by atoms with Crippen LogP contribution >= 0.6 is 0 Å². The largest absolute Gasteiger partial charge is 0.384 e. The molecule has 0 unspecified atom stereocenters. The molecule has 0 spiro atoms. The van der Waals surface area contributed by atoms with Crippen molar-refractivity contribution >= 4 is 31.1 Å². The van der Waals surface area contributed by atoms with Crippen molar-refractivity contribution in [1.29, 1.82) is 0 Å². The van der Waals surface area contributed by atoms with Gasteiger partial charge in [-0.2, -0.15) is 0 Å². The predicted octanol–water partition coefficient (Wildman–Crippen LogP) is -0.0583. The van der Waals surface area contributed by atoms with Gasteiger partial charge in [-0.05, 0) is 35.3 Å². The maximum absolute atomic E-state index is 12.7. The summed E-state index contributed by atoms with van der Waals surface area (Å²) in [7, 11) is -5.76. The van der Waals surface area contributed by atoms with E-state index in [0.717, 1.165) is 0 Å². The van der Waals surface area contributed by atoms with Crippen LogP contribution in [0, 0.1) is 0 Å². The van der Waals surface area contributed by atoms with E-state index < -0.39 is 20.0 Å². The van der Waals surface area contributed by atoms with Crippen molar-refractivity contribution in [3.63, 3.8) is 0 Å². The Morgan fingerprint density at radius 2 is 1.96 bits per heavy atom.